The maximum atomic E-state index is 8.58. The van der Waals surface area contributed by atoms with Crippen LogP contribution in [0.2, 0.25) is 0 Å². The lowest BCUT2D eigenvalue weighted by atomic mass is 9.93. The molecule has 0 unspecified atom stereocenters. The Morgan fingerprint density at radius 1 is 1.21 bits per heavy atom. The van der Waals surface area contributed by atoms with E-state index in [9.17, 15) is 0 Å². The van der Waals surface area contributed by atoms with Gasteiger partial charge in [-0.05, 0) is 17.7 Å². The largest absolute Gasteiger partial charge is 0.315 e. The van der Waals surface area contributed by atoms with Crippen molar-refractivity contribution >= 4 is 0 Å². The van der Waals surface area contributed by atoms with Crippen LogP contribution in [0.25, 0.3) is 0 Å². The highest BCUT2D eigenvalue weighted by Crippen LogP contribution is 2.19. The molecule has 1 saturated heterocycles. The smallest absolute Gasteiger partial charge is 0.0991 e. The molecule has 1 aliphatic heterocycles. The van der Waals surface area contributed by atoms with Crippen LogP contribution in [0.4, 0.5) is 0 Å². The molecule has 1 N–H and O–H groups in total. The van der Waals surface area contributed by atoms with E-state index < -0.39 is 0 Å². The number of rotatable bonds is 1. The van der Waals surface area contributed by atoms with Crippen LogP contribution in [0.3, 0.4) is 0 Å². The summed E-state index contributed by atoms with van der Waals surface area (Å²) in [6, 6.07) is 9.97. The van der Waals surface area contributed by atoms with E-state index in [4.69, 9.17) is 5.26 Å². The maximum Gasteiger partial charge on any atom is 0.0991 e. The van der Waals surface area contributed by atoms with Crippen LogP contribution in [-0.2, 0) is 0 Å². The summed E-state index contributed by atoms with van der Waals surface area (Å²) in [6.45, 7) is 6.15. The SMILES string of the molecule is CC.N#Cc1ccc(C2CNC2)cc1. The highest BCUT2D eigenvalue weighted by molar-refractivity contribution is 5.33. The quantitative estimate of drug-likeness (QED) is 0.734. The zero-order chi connectivity index (χ0) is 10.4. The van der Waals surface area contributed by atoms with Crippen LogP contribution in [0.5, 0.6) is 0 Å². The third kappa shape index (κ3) is 2.34. The second kappa shape index (κ2) is 5.41. The molecule has 0 amide bonds. The fourth-order valence-electron chi connectivity index (χ4n) is 1.35. The normalized spacial score (nSPS) is 14.6. The van der Waals surface area contributed by atoms with Gasteiger partial charge in [0, 0.05) is 19.0 Å². The summed E-state index contributed by atoms with van der Waals surface area (Å²) >= 11 is 0. The van der Waals surface area contributed by atoms with Crippen molar-refractivity contribution in [2.75, 3.05) is 13.1 Å². The average Bonchev–Trinajstić information content (AvgIpc) is 2.20. The van der Waals surface area contributed by atoms with Crippen molar-refractivity contribution < 1.29 is 0 Å². The van der Waals surface area contributed by atoms with E-state index in [1.165, 1.54) is 5.56 Å². The van der Waals surface area contributed by atoms with Crippen LogP contribution >= 0.6 is 0 Å². The van der Waals surface area contributed by atoms with Gasteiger partial charge in [-0.2, -0.15) is 5.26 Å². The molecule has 0 bridgehead atoms. The molecular weight excluding hydrogens is 172 g/mol. The second-order valence-electron chi connectivity index (χ2n) is 3.09. The Hall–Kier alpha value is -1.33. The zero-order valence-electron chi connectivity index (χ0n) is 8.75. The molecule has 1 aromatic rings. The molecule has 2 rings (SSSR count). The summed E-state index contributed by atoms with van der Waals surface area (Å²) in [6.07, 6.45) is 0. The molecule has 0 radical (unpaired) electrons. The van der Waals surface area contributed by atoms with Crippen molar-refractivity contribution in [3.8, 4) is 6.07 Å². The van der Waals surface area contributed by atoms with Crippen molar-refractivity contribution in [2.24, 2.45) is 0 Å². The minimum Gasteiger partial charge on any atom is -0.315 e. The molecule has 2 nitrogen and oxygen atoms in total. The summed E-state index contributed by atoms with van der Waals surface area (Å²) in [7, 11) is 0. The Morgan fingerprint density at radius 3 is 2.14 bits per heavy atom. The molecule has 1 heterocycles. The second-order valence-corrected chi connectivity index (χ2v) is 3.09. The average molecular weight is 188 g/mol. The number of hydrogen-bond acceptors (Lipinski definition) is 2. The Bertz CT molecular complexity index is 304. The van der Waals surface area contributed by atoms with E-state index in [-0.39, 0.29) is 0 Å². The first kappa shape index (κ1) is 10.7. The molecule has 1 aliphatic rings. The first-order valence-electron chi connectivity index (χ1n) is 5.11. The standard InChI is InChI=1S/C10H10N2.C2H6/c11-5-8-1-3-9(4-2-8)10-6-12-7-10;1-2/h1-4,10,12H,6-7H2;1-2H3. The highest BCUT2D eigenvalue weighted by Gasteiger charge is 2.17. The monoisotopic (exact) mass is 188 g/mol. The van der Waals surface area contributed by atoms with Crippen LogP contribution in [0.1, 0.15) is 30.9 Å². The van der Waals surface area contributed by atoms with Gasteiger partial charge in [0.15, 0.2) is 0 Å². The van der Waals surface area contributed by atoms with E-state index in [0.29, 0.717) is 5.92 Å². The van der Waals surface area contributed by atoms with Gasteiger partial charge in [-0.25, -0.2) is 0 Å². The van der Waals surface area contributed by atoms with Gasteiger partial charge >= 0.3 is 0 Å². The van der Waals surface area contributed by atoms with Gasteiger partial charge in [0.05, 0.1) is 11.6 Å². The molecule has 0 atom stereocenters. The zero-order valence-corrected chi connectivity index (χ0v) is 8.75. The molecule has 0 aromatic heterocycles. The van der Waals surface area contributed by atoms with Crippen molar-refractivity contribution in [3.05, 3.63) is 35.4 Å². The van der Waals surface area contributed by atoms with E-state index in [1.54, 1.807) is 0 Å². The molecule has 1 aromatic carbocycles. The van der Waals surface area contributed by atoms with Crippen LogP contribution < -0.4 is 5.32 Å². The topological polar surface area (TPSA) is 35.8 Å². The molecule has 1 fully saturated rings. The van der Waals surface area contributed by atoms with E-state index >= 15 is 0 Å². The number of benzene rings is 1. The van der Waals surface area contributed by atoms with Crippen molar-refractivity contribution in [1.82, 2.24) is 5.32 Å². The molecule has 2 heteroatoms. The fraction of sp³-hybridized carbons (Fsp3) is 0.417. The van der Waals surface area contributed by atoms with Gasteiger partial charge in [-0.3, -0.25) is 0 Å². The van der Waals surface area contributed by atoms with Crippen LogP contribution in [0, 0.1) is 11.3 Å². The van der Waals surface area contributed by atoms with E-state index in [2.05, 4.69) is 11.4 Å². The summed E-state index contributed by atoms with van der Waals surface area (Å²) in [5, 5.41) is 11.8. The van der Waals surface area contributed by atoms with Gasteiger partial charge in [-0.1, -0.05) is 26.0 Å². The van der Waals surface area contributed by atoms with Crippen molar-refractivity contribution in [3.63, 3.8) is 0 Å². The number of hydrogen-bond donors (Lipinski definition) is 1. The molecule has 0 spiro atoms. The lowest BCUT2D eigenvalue weighted by molar-refractivity contribution is 0.448. The molecule has 74 valence electrons. The minimum absolute atomic E-state index is 0.665. The van der Waals surface area contributed by atoms with Gasteiger partial charge in [0.25, 0.3) is 0 Å². The summed E-state index contributed by atoms with van der Waals surface area (Å²) in [5.74, 6) is 0.665. The third-order valence-corrected chi connectivity index (χ3v) is 2.29. The highest BCUT2D eigenvalue weighted by atomic mass is 14.9. The molecule has 0 saturated carbocycles. The summed E-state index contributed by atoms with van der Waals surface area (Å²) in [5.41, 5.74) is 2.08. The van der Waals surface area contributed by atoms with Gasteiger partial charge in [0.2, 0.25) is 0 Å². The van der Waals surface area contributed by atoms with Gasteiger partial charge < -0.3 is 5.32 Å². The van der Waals surface area contributed by atoms with Gasteiger partial charge in [-0.15, -0.1) is 0 Å². The Labute approximate surface area is 85.6 Å². The van der Waals surface area contributed by atoms with E-state index in [1.807, 2.05) is 38.1 Å². The van der Waals surface area contributed by atoms with Crippen molar-refractivity contribution in [1.29, 1.82) is 5.26 Å². The van der Waals surface area contributed by atoms with Crippen LogP contribution in [-0.4, -0.2) is 13.1 Å². The number of nitriles is 1. The first-order valence-corrected chi connectivity index (χ1v) is 5.11. The summed E-state index contributed by atoms with van der Waals surface area (Å²) < 4.78 is 0. The fourth-order valence-corrected chi connectivity index (χ4v) is 1.35. The Kier molecular flexibility index (Phi) is 4.15. The van der Waals surface area contributed by atoms with Crippen LogP contribution in [0.15, 0.2) is 24.3 Å². The number of nitrogens with zero attached hydrogens (tertiary/aromatic N) is 1. The predicted octanol–water partition coefficient (Wildman–Crippen LogP) is 2.27. The minimum atomic E-state index is 0.665. The van der Waals surface area contributed by atoms with Crippen molar-refractivity contribution in [2.45, 2.75) is 19.8 Å². The molecule has 14 heavy (non-hydrogen) atoms. The first-order chi connectivity index (χ1) is 6.90. The maximum absolute atomic E-state index is 8.58. The van der Waals surface area contributed by atoms with Gasteiger partial charge in [0.1, 0.15) is 0 Å². The Morgan fingerprint density at radius 2 is 1.79 bits per heavy atom. The lowest BCUT2D eigenvalue weighted by Crippen LogP contribution is -2.39. The third-order valence-electron chi connectivity index (χ3n) is 2.29. The molecular formula is C12H16N2. The lowest BCUT2D eigenvalue weighted by Gasteiger charge is -2.27. The Balaban J connectivity index is 0.000000461. The molecule has 0 aliphatic carbocycles. The summed E-state index contributed by atoms with van der Waals surface area (Å²) in [4.78, 5) is 0. The number of nitrogens with one attached hydrogen (secondary N) is 1. The predicted molar refractivity (Wildman–Crippen MR) is 58.1 cm³/mol. The van der Waals surface area contributed by atoms with E-state index in [0.717, 1.165) is 18.7 Å².